The van der Waals surface area contributed by atoms with Crippen molar-refractivity contribution < 1.29 is 14.3 Å². The second kappa shape index (κ2) is 14.0. The van der Waals surface area contributed by atoms with Crippen LogP contribution in [0.15, 0.2) is 47.5 Å². The van der Waals surface area contributed by atoms with Gasteiger partial charge in [-0.15, -0.1) is 0 Å². The van der Waals surface area contributed by atoms with Crippen LogP contribution in [0.1, 0.15) is 48.7 Å². The lowest BCUT2D eigenvalue weighted by Gasteiger charge is -2.13. The number of hydrogen-bond donors (Lipinski definition) is 3. The van der Waals surface area contributed by atoms with Crippen LogP contribution in [0.3, 0.4) is 0 Å². The lowest BCUT2D eigenvalue weighted by molar-refractivity contribution is 0.0956. The summed E-state index contributed by atoms with van der Waals surface area (Å²) in [6.45, 7) is 9.29. The Morgan fingerprint density at radius 2 is 1.62 bits per heavy atom. The molecule has 0 spiro atoms. The van der Waals surface area contributed by atoms with E-state index in [0.717, 1.165) is 49.0 Å². The number of aliphatic imine (C=N–C) groups is 1. The number of amides is 1. The van der Waals surface area contributed by atoms with E-state index in [2.05, 4.69) is 27.0 Å². The zero-order valence-electron chi connectivity index (χ0n) is 19.7. The molecule has 32 heavy (non-hydrogen) atoms. The van der Waals surface area contributed by atoms with E-state index < -0.39 is 0 Å². The number of aryl methyl sites for hydroxylation is 1. The van der Waals surface area contributed by atoms with Crippen molar-refractivity contribution in [3.05, 3.63) is 59.2 Å². The molecule has 2 rings (SSSR count). The van der Waals surface area contributed by atoms with E-state index in [0.29, 0.717) is 25.3 Å². The summed E-state index contributed by atoms with van der Waals surface area (Å²) >= 11 is 0. The summed E-state index contributed by atoms with van der Waals surface area (Å²) in [6.07, 6.45) is 1.89. The maximum Gasteiger partial charge on any atom is 0.251 e. The quantitative estimate of drug-likeness (QED) is 0.267. The fraction of sp³-hybridized carbons (Fsp3) is 0.440. The fourth-order valence-corrected chi connectivity index (χ4v) is 3.18. The minimum atomic E-state index is -0.0530. The Balaban J connectivity index is 1.86. The summed E-state index contributed by atoms with van der Waals surface area (Å²) in [5.74, 6) is 2.27. The van der Waals surface area contributed by atoms with Crippen LogP contribution >= 0.6 is 0 Å². The molecule has 0 radical (unpaired) electrons. The minimum Gasteiger partial charge on any atom is -0.493 e. The summed E-state index contributed by atoms with van der Waals surface area (Å²) in [4.78, 5) is 16.5. The zero-order valence-corrected chi connectivity index (χ0v) is 19.7. The molecule has 0 unspecified atom stereocenters. The monoisotopic (exact) mass is 440 g/mol. The van der Waals surface area contributed by atoms with Crippen molar-refractivity contribution in [2.24, 2.45) is 4.99 Å². The SMILES string of the molecule is CCNC(=O)c1ccc(CN=C(NCC)NCCCc2ccc(OC)c(OCC)c2)cc1. The van der Waals surface area contributed by atoms with Crippen molar-refractivity contribution in [1.82, 2.24) is 16.0 Å². The molecule has 0 atom stereocenters. The number of methoxy groups -OCH3 is 1. The van der Waals surface area contributed by atoms with Crippen LogP contribution in [0.2, 0.25) is 0 Å². The molecule has 0 saturated carbocycles. The number of guanidine groups is 1. The summed E-state index contributed by atoms with van der Waals surface area (Å²) in [5.41, 5.74) is 2.93. The van der Waals surface area contributed by atoms with Crippen LogP contribution in [0, 0.1) is 0 Å². The molecule has 0 heterocycles. The van der Waals surface area contributed by atoms with Gasteiger partial charge in [-0.3, -0.25) is 4.79 Å². The Bertz CT molecular complexity index is 866. The molecule has 2 aromatic rings. The highest BCUT2D eigenvalue weighted by atomic mass is 16.5. The largest absolute Gasteiger partial charge is 0.493 e. The summed E-state index contributed by atoms with van der Waals surface area (Å²) in [7, 11) is 1.65. The summed E-state index contributed by atoms with van der Waals surface area (Å²) in [6, 6.07) is 13.6. The Hall–Kier alpha value is -3.22. The molecule has 0 aliphatic carbocycles. The third kappa shape index (κ3) is 8.13. The lowest BCUT2D eigenvalue weighted by Crippen LogP contribution is -2.37. The number of nitrogens with one attached hydrogen (secondary N) is 3. The van der Waals surface area contributed by atoms with Crippen LogP contribution in [0.25, 0.3) is 0 Å². The predicted molar refractivity (Wildman–Crippen MR) is 130 cm³/mol. The molecule has 0 bridgehead atoms. The van der Waals surface area contributed by atoms with Crippen molar-refractivity contribution in [1.29, 1.82) is 0 Å². The van der Waals surface area contributed by atoms with Crippen LogP contribution in [0.4, 0.5) is 0 Å². The predicted octanol–water partition coefficient (Wildman–Crippen LogP) is 3.53. The number of carbonyl (C=O) groups excluding carboxylic acids is 1. The summed E-state index contributed by atoms with van der Waals surface area (Å²) in [5, 5.41) is 9.47. The first-order valence-corrected chi connectivity index (χ1v) is 11.3. The van der Waals surface area contributed by atoms with Gasteiger partial charge >= 0.3 is 0 Å². The third-order valence-electron chi connectivity index (χ3n) is 4.78. The van der Waals surface area contributed by atoms with Gasteiger partial charge in [0.1, 0.15) is 0 Å². The zero-order chi connectivity index (χ0) is 23.2. The molecule has 0 aliphatic rings. The number of benzene rings is 2. The second-order valence-corrected chi connectivity index (χ2v) is 7.20. The molecular formula is C25H36N4O3. The van der Waals surface area contributed by atoms with Gasteiger partial charge in [0.05, 0.1) is 20.3 Å². The van der Waals surface area contributed by atoms with E-state index in [9.17, 15) is 4.79 Å². The standard InChI is InChI=1S/C25H36N4O3/c1-5-26-24(30)21-13-10-20(11-14-21)18-29-25(27-6-2)28-16-8-9-19-12-15-22(31-4)23(17-19)32-7-3/h10-15,17H,5-9,16,18H2,1-4H3,(H,26,30)(H2,27,28,29). The molecule has 0 aliphatic heterocycles. The topological polar surface area (TPSA) is 84.0 Å². The molecule has 0 fully saturated rings. The average Bonchev–Trinajstić information content (AvgIpc) is 2.81. The molecule has 7 nitrogen and oxygen atoms in total. The second-order valence-electron chi connectivity index (χ2n) is 7.20. The number of carbonyl (C=O) groups is 1. The van der Waals surface area contributed by atoms with Crippen LogP contribution in [-0.4, -0.2) is 45.2 Å². The lowest BCUT2D eigenvalue weighted by atomic mass is 10.1. The van der Waals surface area contributed by atoms with E-state index >= 15 is 0 Å². The van der Waals surface area contributed by atoms with E-state index in [1.54, 1.807) is 7.11 Å². The van der Waals surface area contributed by atoms with E-state index in [1.165, 1.54) is 5.56 Å². The number of ether oxygens (including phenoxy) is 2. The summed E-state index contributed by atoms with van der Waals surface area (Å²) < 4.78 is 11.0. The molecule has 2 aromatic carbocycles. The Morgan fingerprint density at radius 1 is 0.906 bits per heavy atom. The average molecular weight is 441 g/mol. The molecule has 7 heteroatoms. The highest BCUT2D eigenvalue weighted by Crippen LogP contribution is 2.28. The van der Waals surface area contributed by atoms with Crippen molar-refractivity contribution in [3.8, 4) is 11.5 Å². The van der Waals surface area contributed by atoms with E-state index in [-0.39, 0.29) is 5.91 Å². The van der Waals surface area contributed by atoms with E-state index in [1.807, 2.05) is 57.2 Å². The van der Waals surface area contributed by atoms with Crippen LogP contribution < -0.4 is 25.4 Å². The smallest absolute Gasteiger partial charge is 0.251 e. The first kappa shape index (κ1) is 25.0. The van der Waals surface area contributed by atoms with Gasteiger partial charge in [-0.1, -0.05) is 18.2 Å². The van der Waals surface area contributed by atoms with Crippen molar-refractivity contribution in [2.45, 2.75) is 40.2 Å². The number of rotatable bonds is 12. The van der Waals surface area contributed by atoms with Gasteiger partial charge in [-0.05, 0) is 69.0 Å². The first-order valence-electron chi connectivity index (χ1n) is 11.3. The minimum absolute atomic E-state index is 0.0530. The van der Waals surface area contributed by atoms with E-state index in [4.69, 9.17) is 9.47 Å². The van der Waals surface area contributed by atoms with Gasteiger partial charge in [-0.2, -0.15) is 0 Å². The highest BCUT2D eigenvalue weighted by Gasteiger charge is 2.06. The number of hydrogen-bond acceptors (Lipinski definition) is 4. The van der Waals surface area contributed by atoms with Gasteiger partial charge in [-0.25, -0.2) is 4.99 Å². The normalized spacial score (nSPS) is 11.1. The molecule has 0 aromatic heterocycles. The third-order valence-corrected chi connectivity index (χ3v) is 4.78. The Labute approximate surface area is 191 Å². The molecule has 3 N–H and O–H groups in total. The Kier molecular flexibility index (Phi) is 10.9. The molecule has 174 valence electrons. The van der Waals surface area contributed by atoms with Gasteiger partial charge in [0.25, 0.3) is 5.91 Å². The van der Waals surface area contributed by atoms with Gasteiger partial charge < -0.3 is 25.4 Å². The van der Waals surface area contributed by atoms with Crippen molar-refractivity contribution >= 4 is 11.9 Å². The first-order chi connectivity index (χ1) is 15.6. The van der Waals surface area contributed by atoms with Gasteiger partial charge in [0.2, 0.25) is 0 Å². The van der Waals surface area contributed by atoms with Crippen molar-refractivity contribution in [3.63, 3.8) is 0 Å². The van der Waals surface area contributed by atoms with Gasteiger partial charge in [0, 0.05) is 25.2 Å². The highest BCUT2D eigenvalue weighted by molar-refractivity contribution is 5.94. The molecule has 1 amide bonds. The Morgan fingerprint density at radius 3 is 2.28 bits per heavy atom. The maximum atomic E-state index is 11.9. The molecular weight excluding hydrogens is 404 g/mol. The van der Waals surface area contributed by atoms with Gasteiger partial charge in [0.15, 0.2) is 17.5 Å². The van der Waals surface area contributed by atoms with Crippen molar-refractivity contribution in [2.75, 3.05) is 33.4 Å². The van der Waals surface area contributed by atoms with Crippen LogP contribution in [-0.2, 0) is 13.0 Å². The molecule has 0 saturated heterocycles. The number of nitrogens with zero attached hydrogens (tertiary/aromatic N) is 1. The maximum absolute atomic E-state index is 11.9. The fourth-order valence-electron chi connectivity index (χ4n) is 3.18. The van der Waals surface area contributed by atoms with Crippen LogP contribution in [0.5, 0.6) is 11.5 Å².